The third kappa shape index (κ3) is 7.71. The van der Waals surface area contributed by atoms with Gasteiger partial charge in [-0.2, -0.15) is 4.31 Å². The number of carbonyl (C=O) groups is 1. The normalized spacial score (nSPS) is 12.9. The van der Waals surface area contributed by atoms with E-state index >= 15 is 0 Å². The van der Waals surface area contributed by atoms with Gasteiger partial charge in [-0.1, -0.05) is 50.3 Å². The number of halogens is 1. The third-order valence-corrected chi connectivity index (χ3v) is 7.40. The van der Waals surface area contributed by atoms with Crippen molar-refractivity contribution < 1.29 is 23.1 Å². The van der Waals surface area contributed by atoms with Gasteiger partial charge < -0.3 is 14.7 Å². The third-order valence-electron chi connectivity index (χ3n) is 5.31. The lowest BCUT2D eigenvalue weighted by Gasteiger charge is -2.28. The second-order valence-corrected chi connectivity index (χ2v) is 12.2. The highest BCUT2D eigenvalue weighted by atomic mass is 35.5. The summed E-state index contributed by atoms with van der Waals surface area (Å²) in [4.78, 5) is 13.8. The van der Waals surface area contributed by atoms with Gasteiger partial charge in [0.2, 0.25) is 10.0 Å². The van der Waals surface area contributed by atoms with E-state index in [9.17, 15) is 18.3 Å². The van der Waals surface area contributed by atoms with Gasteiger partial charge in [0, 0.05) is 36.1 Å². The molecule has 0 radical (unpaired) electrons. The van der Waals surface area contributed by atoms with Crippen molar-refractivity contribution in [3.8, 4) is 17.6 Å². The predicted molar refractivity (Wildman–Crippen MR) is 138 cm³/mol. The van der Waals surface area contributed by atoms with E-state index in [0.717, 1.165) is 5.56 Å². The molecule has 0 spiro atoms. The maximum Gasteiger partial charge on any atom is 0.345 e. The molecule has 1 unspecified atom stereocenters. The lowest BCUT2D eigenvalue weighted by Crippen LogP contribution is -2.39. The molecule has 0 bridgehead atoms. The van der Waals surface area contributed by atoms with E-state index in [1.54, 1.807) is 64.2 Å². The van der Waals surface area contributed by atoms with E-state index in [-0.39, 0.29) is 10.6 Å². The van der Waals surface area contributed by atoms with Gasteiger partial charge in [-0.25, -0.2) is 13.2 Å². The van der Waals surface area contributed by atoms with E-state index in [4.69, 9.17) is 16.3 Å². The van der Waals surface area contributed by atoms with Gasteiger partial charge in [0.05, 0.1) is 10.5 Å². The molecule has 2 aromatic carbocycles. The van der Waals surface area contributed by atoms with Gasteiger partial charge in [0.15, 0.2) is 6.10 Å². The molecule has 1 N–H and O–H groups in total. The minimum Gasteiger partial charge on any atom is -0.478 e. The minimum absolute atomic E-state index is 0.148. The molecule has 190 valence electrons. The van der Waals surface area contributed by atoms with Crippen LogP contribution in [0.3, 0.4) is 0 Å². The number of likely N-dealkylation sites (N-methyl/N-ethyl adjacent to an activating group) is 2. The van der Waals surface area contributed by atoms with Crippen LogP contribution in [-0.4, -0.2) is 69.0 Å². The fourth-order valence-electron chi connectivity index (χ4n) is 3.10. The summed E-state index contributed by atoms with van der Waals surface area (Å²) in [5.41, 5.74) is 1.08. The Morgan fingerprint density at radius 2 is 1.69 bits per heavy atom. The largest absolute Gasteiger partial charge is 0.478 e. The van der Waals surface area contributed by atoms with Crippen molar-refractivity contribution in [2.24, 2.45) is 5.41 Å². The molecule has 2 aromatic rings. The fraction of sp³-hybridized carbons (Fsp3) is 0.423. The zero-order valence-corrected chi connectivity index (χ0v) is 22.8. The van der Waals surface area contributed by atoms with Gasteiger partial charge in [-0.15, -0.1) is 0 Å². The monoisotopic (exact) mass is 520 g/mol. The van der Waals surface area contributed by atoms with Crippen molar-refractivity contribution >= 4 is 27.6 Å². The maximum atomic E-state index is 13.0. The van der Waals surface area contributed by atoms with Crippen LogP contribution in [0.1, 0.15) is 37.5 Å². The van der Waals surface area contributed by atoms with Crippen LogP contribution in [0.4, 0.5) is 0 Å². The number of rotatable bonds is 8. The summed E-state index contributed by atoms with van der Waals surface area (Å²) in [6.07, 6.45) is -1.10. The molecule has 0 aliphatic carbocycles. The van der Waals surface area contributed by atoms with Crippen LogP contribution >= 0.6 is 11.6 Å². The van der Waals surface area contributed by atoms with Crippen LogP contribution in [0, 0.1) is 24.2 Å². The number of hydrogen-bond donors (Lipinski definition) is 1. The van der Waals surface area contributed by atoms with Crippen LogP contribution in [-0.2, 0) is 14.8 Å². The Kier molecular flexibility index (Phi) is 9.37. The summed E-state index contributed by atoms with van der Waals surface area (Å²) < 4.78 is 33.2. The van der Waals surface area contributed by atoms with E-state index in [1.807, 2.05) is 25.9 Å². The van der Waals surface area contributed by atoms with Crippen molar-refractivity contribution in [1.29, 1.82) is 0 Å². The number of sulfonamides is 1. The van der Waals surface area contributed by atoms with Crippen LogP contribution < -0.4 is 4.74 Å². The first-order valence-corrected chi connectivity index (χ1v) is 12.9. The minimum atomic E-state index is -3.69. The van der Waals surface area contributed by atoms with Crippen molar-refractivity contribution in [2.75, 3.05) is 34.2 Å². The number of ether oxygens (including phenoxy) is 1. The molecule has 0 saturated heterocycles. The van der Waals surface area contributed by atoms with Crippen molar-refractivity contribution in [2.45, 2.75) is 38.7 Å². The smallest absolute Gasteiger partial charge is 0.345 e. The van der Waals surface area contributed by atoms with Gasteiger partial charge in [-0.05, 0) is 56.9 Å². The Bertz CT molecular complexity index is 1240. The zero-order valence-electron chi connectivity index (χ0n) is 21.2. The summed E-state index contributed by atoms with van der Waals surface area (Å²) in [7, 11) is 1.63. The van der Waals surface area contributed by atoms with Gasteiger partial charge in [0.25, 0.3) is 0 Å². The second-order valence-electron chi connectivity index (χ2n) is 9.70. The van der Waals surface area contributed by atoms with E-state index in [1.165, 1.54) is 4.31 Å². The molecule has 0 saturated carbocycles. The summed E-state index contributed by atoms with van der Waals surface area (Å²) in [5, 5.41) is 10.0. The molecule has 1 atom stereocenters. The number of benzene rings is 2. The highest BCUT2D eigenvalue weighted by molar-refractivity contribution is 7.89. The van der Waals surface area contributed by atoms with Crippen molar-refractivity contribution in [3.05, 3.63) is 58.1 Å². The van der Waals surface area contributed by atoms with Crippen LogP contribution in [0.25, 0.3) is 0 Å². The number of hydrogen-bond acceptors (Lipinski definition) is 5. The van der Waals surface area contributed by atoms with E-state index in [0.29, 0.717) is 29.2 Å². The molecule has 7 nitrogen and oxygen atoms in total. The molecule has 0 amide bonds. The Labute approximate surface area is 213 Å². The second kappa shape index (κ2) is 11.4. The lowest BCUT2D eigenvalue weighted by atomic mass is 9.89. The van der Waals surface area contributed by atoms with Crippen LogP contribution in [0.5, 0.6) is 5.75 Å². The number of carboxylic acid groups (broad SMARTS) is 1. The summed E-state index contributed by atoms with van der Waals surface area (Å²) >= 11 is 6.16. The Hall–Kier alpha value is -2.57. The van der Waals surface area contributed by atoms with Crippen molar-refractivity contribution in [3.63, 3.8) is 0 Å². The molecule has 0 aromatic heterocycles. The molecule has 0 heterocycles. The van der Waals surface area contributed by atoms with Crippen LogP contribution in [0.15, 0.2) is 41.3 Å². The summed E-state index contributed by atoms with van der Waals surface area (Å²) in [6, 6.07) is 9.61. The first-order chi connectivity index (χ1) is 16.1. The fourth-order valence-corrected chi connectivity index (χ4v) is 4.46. The molecule has 0 fully saturated rings. The number of carboxylic acids is 1. The first kappa shape index (κ1) is 28.7. The lowest BCUT2D eigenvalue weighted by molar-refractivity contribution is -0.150. The average molecular weight is 521 g/mol. The number of aliphatic carboxylic acids is 1. The molecule has 9 heteroatoms. The van der Waals surface area contributed by atoms with Gasteiger partial charge >= 0.3 is 5.97 Å². The predicted octanol–water partition coefficient (Wildman–Crippen LogP) is 4.11. The van der Waals surface area contributed by atoms with Gasteiger partial charge in [0.1, 0.15) is 5.75 Å². The first-order valence-electron chi connectivity index (χ1n) is 11.1. The molecular formula is C26H33ClN2O5S. The molecule has 0 aliphatic rings. The summed E-state index contributed by atoms with van der Waals surface area (Å²) in [5.74, 6) is 5.20. The Balaban J connectivity index is 2.46. The van der Waals surface area contributed by atoms with Gasteiger partial charge in [-0.3, -0.25) is 0 Å². The number of nitrogens with zero attached hydrogens (tertiary/aromatic N) is 2. The zero-order chi connectivity index (χ0) is 26.6. The average Bonchev–Trinajstić information content (AvgIpc) is 2.74. The highest BCUT2D eigenvalue weighted by Crippen LogP contribution is 2.29. The molecule has 2 rings (SSSR count). The quantitative estimate of drug-likeness (QED) is 0.527. The van der Waals surface area contributed by atoms with Crippen molar-refractivity contribution in [1.82, 2.24) is 9.21 Å². The summed E-state index contributed by atoms with van der Waals surface area (Å²) in [6.45, 7) is 8.11. The number of aryl methyl sites for hydroxylation is 1. The standard InChI is InChI=1S/C26H33ClN2O5S/c1-18-8-12-22(35(32,33)29(7)15-14-28(5)6)17-19(18)9-10-20-16-21(27)11-13-23(20)34-24(25(30)31)26(2,3)4/h8,11-13,16-17,24H,14-15H2,1-7H3,(H,30,31). The molecule has 0 aliphatic heterocycles. The Morgan fingerprint density at radius 3 is 2.26 bits per heavy atom. The van der Waals surface area contributed by atoms with E-state index in [2.05, 4.69) is 11.8 Å². The maximum absolute atomic E-state index is 13.0. The molecular weight excluding hydrogens is 488 g/mol. The van der Waals surface area contributed by atoms with Crippen LogP contribution in [0.2, 0.25) is 5.02 Å². The van der Waals surface area contributed by atoms with E-state index < -0.39 is 27.5 Å². The Morgan fingerprint density at radius 1 is 1.06 bits per heavy atom. The topological polar surface area (TPSA) is 87.2 Å². The molecule has 35 heavy (non-hydrogen) atoms. The SMILES string of the molecule is Cc1ccc(S(=O)(=O)N(C)CCN(C)C)cc1C#Cc1cc(Cl)ccc1OC(C(=O)O)C(C)(C)C. The highest BCUT2D eigenvalue weighted by Gasteiger charge is 2.34.